The van der Waals surface area contributed by atoms with Gasteiger partial charge in [-0.05, 0) is 11.1 Å². The van der Waals surface area contributed by atoms with Crippen LogP contribution >= 0.6 is 0 Å². The van der Waals surface area contributed by atoms with Crippen LogP contribution in [0.2, 0.25) is 0 Å². The van der Waals surface area contributed by atoms with Crippen LogP contribution in [0.3, 0.4) is 0 Å². The maximum atomic E-state index is 8.57. The maximum absolute atomic E-state index is 8.57. The van der Waals surface area contributed by atoms with Gasteiger partial charge >= 0.3 is 0 Å². The van der Waals surface area contributed by atoms with Crippen molar-refractivity contribution in [3.63, 3.8) is 0 Å². The number of hydrogen-bond donors (Lipinski definition) is 0. The zero-order chi connectivity index (χ0) is 19.0. The second-order valence-electron chi connectivity index (χ2n) is 6.10. The molecule has 0 saturated heterocycles. The molecule has 0 saturated carbocycles. The summed E-state index contributed by atoms with van der Waals surface area (Å²) in [6.07, 6.45) is 0.393. The molecular formula is C23H21N2+. The molecule has 0 N–H and O–H groups in total. The van der Waals surface area contributed by atoms with Crippen LogP contribution < -0.4 is 4.57 Å². The standard InChI is InChI=1S/C23H21N2/c1-18-24(2)16-17-25(18)23-21(19-10-5-3-6-11-19)14-9-15-22(23)20-12-7-4-8-13-20/h3-17H,1-2H3/q+1/i16D,17D. The van der Waals surface area contributed by atoms with Gasteiger partial charge in [-0.3, -0.25) is 0 Å². The Morgan fingerprint density at radius 2 is 1.28 bits per heavy atom. The third-order valence-corrected chi connectivity index (χ3v) is 4.57. The predicted molar refractivity (Wildman–Crippen MR) is 103 cm³/mol. The van der Waals surface area contributed by atoms with E-state index in [4.69, 9.17) is 2.74 Å². The molecule has 0 radical (unpaired) electrons. The van der Waals surface area contributed by atoms with Crippen molar-refractivity contribution >= 4 is 0 Å². The van der Waals surface area contributed by atoms with E-state index in [0.29, 0.717) is 0 Å². The Bertz CT molecular complexity index is 1020. The predicted octanol–water partition coefficient (Wildman–Crippen LogP) is 4.94. The summed E-state index contributed by atoms with van der Waals surface area (Å²) in [5.74, 6) is 0.852. The van der Waals surface area contributed by atoms with Gasteiger partial charge in [-0.25, -0.2) is 4.57 Å². The van der Waals surface area contributed by atoms with E-state index in [2.05, 4.69) is 42.5 Å². The van der Waals surface area contributed by atoms with Gasteiger partial charge in [0.25, 0.3) is 5.82 Å². The van der Waals surface area contributed by atoms with Crippen molar-refractivity contribution in [2.24, 2.45) is 7.05 Å². The van der Waals surface area contributed by atoms with E-state index < -0.39 is 0 Å². The van der Waals surface area contributed by atoms with E-state index >= 15 is 0 Å². The molecule has 122 valence electrons. The Kier molecular flexibility index (Phi) is 3.38. The first-order chi connectivity index (χ1) is 13.1. The van der Waals surface area contributed by atoms with Gasteiger partial charge in [0.05, 0.1) is 7.05 Å². The Hall–Kier alpha value is -3.13. The smallest absolute Gasteiger partial charge is 0.237 e. The summed E-state index contributed by atoms with van der Waals surface area (Å²) >= 11 is 0. The van der Waals surface area contributed by atoms with Crippen molar-refractivity contribution in [2.75, 3.05) is 0 Å². The lowest BCUT2D eigenvalue weighted by Crippen LogP contribution is -2.29. The third kappa shape index (κ3) is 2.76. The molecule has 4 rings (SSSR count). The van der Waals surface area contributed by atoms with Crippen LogP contribution in [0.5, 0.6) is 0 Å². The van der Waals surface area contributed by atoms with Gasteiger partial charge in [0.15, 0.2) is 0 Å². The van der Waals surface area contributed by atoms with E-state index in [-0.39, 0.29) is 12.3 Å². The Balaban J connectivity index is 2.11. The van der Waals surface area contributed by atoms with Crippen LogP contribution in [0.1, 0.15) is 8.57 Å². The van der Waals surface area contributed by atoms with Crippen LogP contribution in [-0.2, 0) is 7.05 Å². The molecule has 0 amide bonds. The number of hydrogen-bond acceptors (Lipinski definition) is 0. The fourth-order valence-electron chi connectivity index (χ4n) is 3.14. The van der Waals surface area contributed by atoms with Crippen LogP contribution in [0.15, 0.2) is 91.2 Å². The molecule has 25 heavy (non-hydrogen) atoms. The average molecular weight is 327 g/mol. The minimum Gasteiger partial charge on any atom is -0.237 e. The first-order valence-electron chi connectivity index (χ1n) is 9.38. The van der Waals surface area contributed by atoms with Crippen molar-refractivity contribution in [3.05, 3.63) is 97.0 Å². The first kappa shape index (κ1) is 13.2. The maximum Gasteiger partial charge on any atom is 0.258 e. The summed E-state index contributed by atoms with van der Waals surface area (Å²) in [7, 11) is 1.83. The second-order valence-corrected chi connectivity index (χ2v) is 6.10. The molecule has 0 atom stereocenters. The van der Waals surface area contributed by atoms with E-state index in [1.165, 1.54) is 0 Å². The summed E-state index contributed by atoms with van der Waals surface area (Å²) in [6, 6.07) is 26.6. The molecule has 0 unspecified atom stereocenters. The SMILES string of the molecule is [2H]c1c([2H])[n+](C)c(C)n1-c1c(-c2ccccc2)cccc1-c1ccccc1. The zero-order valence-electron chi connectivity index (χ0n) is 16.4. The van der Waals surface area contributed by atoms with Crippen LogP contribution in [-0.4, -0.2) is 4.57 Å². The normalized spacial score (nSPS) is 11.9. The van der Waals surface area contributed by atoms with Gasteiger partial charge in [0.1, 0.15) is 20.8 Å². The van der Waals surface area contributed by atoms with E-state index in [1.807, 2.05) is 54.9 Å². The highest BCUT2D eigenvalue weighted by Crippen LogP contribution is 2.35. The van der Waals surface area contributed by atoms with E-state index in [9.17, 15) is 0 Å². The molecule has 2 heteroatoms. The molecule has 0 aliphatic carbocycles. The molecule has 1 aromatic heterocycles. The minimum absolute atomic E-state index is 0.190. The number of imidazole rings is 1. The monoisotopic (exact) mass is 327 g/mol. The number of aromatic nitrogens is 2. The first-order valence-corrected chi connectivity index (χ1v) is 8.38. The quantitative estimate of drug-likeness (QED) is 0.471. The van der Waals surface area contributed by atoms with Crippen molar-refractivity contribution in [3.8, 4) is 27.9 Å². The van der Waals surface area contributed by atoms with E-state index in [0.717, 1.165) is 33.8 Å². The van der Waals surface area contributed by atoms with E-state index in [1.54, 1.807) is 4.57 Å². The fraction of sp³-hybridized carbons (Fsp3) is 0.0870. The van der Waals surface area contributed by atoms with Gasteiger partial charge in [0, 0.05) is 18.1 Å². The molecule has 0 aliphatic rings. The molecule has 3 aromatic carbocycles. The number of benzene rings is 3. The largest absolute Gasteiger partial charge is 0.258 e. The zero-order valence-corrected chi connectivity index (χ0v) is 14.4. The van der Waals surface area contributed by atoms with Crippen molar-refractivity contribution in [1.29, 1.82) is 0 Å². The minimum atomic E-state index is 0.190. The van der Waals surface area contributed by atoms with Crippen molar-refractivity contribution in [1.82, 2.24) is 4.57 Å². The van der Waals surface area contributed by atoms with Crippen LogP contribution in [0.25, 0.3) is 27.9 Å². The third-order valence-electron chi connectivity index (χ3n) is 4.57. The number of nitrogens with zero attached hydrogens (tertiary/aromatic N) is 2. The Labute approximate surface area is 151 Å². The van der Waals surface area contributed by atoms with Gasteiger partial charge in [-0.1, -0.05) is 78.9 Å². The summed E-state index contributed by atoms with van der Waals surface area (Å²) in [5, 5.41) is 0. The molecular weight excluding hydrogens is 304 g/mol. The number of rotatable bonds is 3. The fourth-order valence-corrected chi connectivity index (χ4v) is 3.14. The average Bonchev–Trinajstić information content (AvgIpc) is 2.91. The highest BCUT2D eigenvalue weighted by Gasteiger charge is 2.21. The lowest BCUT2D eigenvalue weighted by molar-refractivity contribution is -0.677. The molecule has 0 bridgehead atoms. The summed E-state index contributed by atoms with van der Waals surface area (Å²) in [4.78, 5) is 0. The molecule has 4 aromatic rings. The lowest BCUT2D eigenvalue weighted by atomic mass is 9.95. The summed E-state index contributed by atoms with van der Waals surface area (Å²) in [5.41, 5.74) is 5.21. The van der Waals surface area contributed by atoms with Gasteiger partial charge in [-0.15, -0.1) is 0 Å². The van der Waals surface area contributed by atoms with Gasteiger partial charge in [-0.2, -0.15) is 4.57 Å². The van der Waals surface area contributed by atoms with Crippen LogP contribution in [0.4, 0.5) is 0 Å². The molecule has 1 heterocycles. The highest BCUT2D eigenvalue weighted by atomic mass is 15.1. The molecule has 2 nitrogen and oxygen atoms in total. The molecule has 0 spiro atoms. The Morgan fingerprint density at radius 1 is 0.760 bits per heavy atom. The number of para-hydroxylation sites is 1. The topological polar surface area (TPSA) is 8.81 Å². The van der Waals surface area contributed by atoms with Crippen molar-refractivity contribution < 1.29 is 7.31 Å². The second kappa shape index (κ2) is 6.40. The molecule has 0 aliphatic heterocycles. The van der Waals surface area contributed by atoms with Gasteiger partial charge < -0.3 is 0 Å². The lowest BCUT2D eigenvalue weighted by Gasteiger charge is -2.13. The van der Waals surface area contributed by atoms with Gasteiger partial charge in [0.2, 0.25) is 0 Å². The Morgan fingerprint density at radius 3 is 1.72 bits per heavy atom. The van der Waals surface area contributed by atoms with Crippen LogP contribution in [0, 0.1) is 6.92 Å². The summed E-state index contributed by atoms with van der Waals surface area (Å²) in [6.45, 7) is 1.95. The summed E-state index contributed by atoms with van der Waals surface area (Å²) < 4.78 is 20.5. The van der Waals surface area contributed by atoms with Crippen molar-refractivity contribution in [2.45, 2.75) is 6.92 Å². The highest BCUT2D eigenvalue weighted by molar-refractivity contribution is 5.85. The molecule has 0 fully saturated rings.